The number of rotatable bonds is 6. The minimum atomic E-state index is -0.460. The van der Waals surface area contributed by atoms with Gasteiger partial charge in [0, 0.05) is 4.88 Å². The van der Waals surface area contributed by atoms with Crippen LogP contribution < -0.4 is 16.0 Å². The van der Waals surface area contributed by atoms with Crippen molar-refractivity contribution in [2.75, 3.05) is 18.9 Å². The highest BCUT2D eigenvalue weighted by atomic mass is 32.1. The number of amides is 2. The Balaban J connectivity index is 1.45. The molecule has 146 valence electrons. The number of carbonyl (C=O) groups excluding carboxylic acids is 2. The highest BCUT2D eigenvalue weighted by Gasteiger charge is 2.27. The summed E-state index contributed by atoms with van der Waals surface area (Å²) >= 11 is 3.15. The van der Waals surface area contributed by atoms with Crippen LogP contribution in [0.1, 0.15) is 45.2 Å². The second-order valence-corrected chi connectivity index (χ2v) is 9.41. The molecule has 4 N–H and O–H groups in total. The number of carbonyl (C=O) groups is 2. The summed E-state index contributed by atoms with van der Waals surface area (Å²) in [4.78, 5) is 31.4. The van der Waals surface area contributed by atoms with Crippen LogP contribution in [0, 0.1) is 0 Å². The summed E-state index contributed by atoms with van der Waals surface area (Å²) in [7, 11) is 1.99. The summed E-state index contributed by atoms with van der Waals surface area (Å²) in [6.07, 6.45) is 2.86. The Labute approximate surface area is 171 Å². The van der Waals surface area contributed by atoms with Gasteiger partial charge in [0.15, 0.2) is 11.6 Å². The number of hydrogen-bond donors (Lipinski definition) is 3. The van der Waals surface area contributed by atoms with Crippen LogP contribution in [0.4, 0.5) is 5.00 Å². The van der Waals surface area contributed by atoms with Gasteiger partial charge in [-0.15, -0.1) is 22.7 Å². The van der Waals surface area contributed by atoms with E-state index in [1.807, 2.05) is 25.2 Å². The Morgan fingerprint density at radius 2 is 2.07 bits per heavy atom. The largest absolute Gasteiger partial charge is 0.365 e. The van der Waals surface area contributed by atoms with Gasteiger partial charge in [-0.2, -0.15) is 0 Å². The van der Waals surface area contributed by atoms with Crippen LogP contribution in [-0.2, 0) is 17.6 Å². The molecule has 2 aromatic heterocycles. The summed E-state index contributed by atoms with van der Waals surface area (Å²) < 4.78 is 1.15. The van der Waals surface area contributed by atoms with Crippen molar-refractivity contribution in [3.8, 4) is 0 Å². The predicted molar refractivity (Wildman–Crippen MR) is 113 cm³/mol. The molecule has 0 radical (unpaired) electrons. The molecule has 6 nitrogen and oxygen atoms in total. The van der Waals surface area contributed by atoms with Crippen LogP contribution in [-0.4, -0.2) is 30.4 Å². The van der Waals surface area contributed by atoms with Gasteiger partial charge in [-0.05, 0) is 43.9 Å². The Hall–Kier alpha value is -2.29. The molecular weight excluding hydrogens is 392 g/mol. The molecule has 1 aliphatic carbocycles. The summed E-state index contributed by atoms with van der Waals surface area (Å²) in [5.74, 6) is -0.578. The number of aryl methyl sites for hydroxylation is 1. The van der Waals surface area contributed by atoms with E-state index in [2.05, 4.69) is 18.3 Å². The van der Waals surface area contributed by atoms with E-state index in [1.54, 1.807) is 11.3 Å². The zero-order valence-corrected chi connectivity index (χ0v) is 17.5. The standard InChI is InChI=1S/C20H22N4O2S2/c1-11(19-22-13-7-3-4-8-15(13)28-19)24(2)10-16(25)23-20-17(18(21)26)12-6-5-9-14(12)27-20/h3-4,7-8,11H,5-6,9-10H2,1-2H3,(H2,21,26)(H,23,25)/p+1/t11-/m0/s1. The van der Waals surface area contributed by atoms with E-state index in [9.17, 15) is 9.59 Å². The summed E-state index contributed by atoms with van der Waals surface area (Å²) in [6, 6.07) is 8.15. The lowest BCUT2D eigenvalue weighted by molar-refractivity contribution is -0.902. The van der Waals surface area contributed by atoms with Crippen molar-refractivity contribution in [3.63, 3.8) is 0 Å². The number of thiazole rings is 1. The van der Waals surface area contributed by atoms with E-state index in [1.165, 1.54) is 16.2 Å². The summed E-state index contributed by atoms with van der Waals surface area (Å²) in [5, 5.41) is 4.54. The monoisotopic (exact) mass is 415 g/mol. The van der Waals surface area contributed by atoms with Crippen molar-refractivity contribution in [1.82, 2.24) is 4.98 Å². The number of nitrogens with two attached hydrogens (primary N) is 1. The molecule has 4 rings (SSSR count). The molecule has 0 saturated heterocycles. The molecule has 0 spiro atoms. The maximum atomic E-state index is 12.6. The lowest BCUT2D eigenvalue weighted by atomic mass is 10.1. The number of likely N-dealkylation sites (N-methyl/N-ethyl adjacent to an activating group) is 1. The SMILES string of the molecule is C[C@@H](c1nc2ccccc2s1)[NH+](C)CC(=O)Nc1sc2c(c1C(N)=O)CCC2. The number of para-hydroxylation sites is 1. The fourth-order valence-electron chi connectivity index (χ4n) is 3.62. The Kier molecular flexibility index (Phi) is 5.18. The number of anilines is 1. The third kappa shape index (κ3) is 3.55. The predicted octanol–water partition coefficient (Wildman–Crippen LogP) is 2.16. The first-order chi connectivity index (χ1) is 13.4. The van der Waals surface area contributed by atoms with Gasteiger partial charge < -0.3 is 16.0 Å². The second-order valence-electron chi connectivity index (χ2n) is 7.24. The first kappa shape index (κ1) is 19.0. The molecule has 8 heteroatoms. The van der Waals surface area contributed by atoms with Crippen molar-refractivity contribution < 1.29 is 14.5 Å². The van der Waals surface area contributed by atoms with Crippen molar-refractivity contribution in [2.45, 2.75) is 32.2 Å². The average molecular weight is 416 g/mol. The molecule has 1 aliphatic rings. The quantitative estimate of drug-likeness (QED) is 0.576. The van der Waals surface area contributed by atoms with Crippen LogP contribution in [0.2, 0.25) is 0 Å². The third-order valence-corrected chi connectivity index (χ3v) is 7.71. The van der Waals surface area contributed by atoms with E-state index in [-0.39, 0.29) is 18.5 Å². The van der Waals surface area contributed by atoms with Crippen LogP contribution in [0.25, 0.3) is 10.2 Å². The summed E-state index contributed by atoms with van der Waals surface area (Å²) in [5.41, 5.74) is 8.09. The molecule has 2 atom stereocenters. The van der Waals surface area contributed by atoms with Crippen LogP contribution >= 0.6 is 22.7 Å². The van der Waals surface area contributed by atoms with Gasteiger partial charge in [-0.3, -0.25) is 9.59 Å². The Morgan fingerprint density at radius 1 is 1.29 bits per heavy atom. The molecule has 0 saturated carbocycles. The fraction of sp³-hybridized carbons (Fsp3) is 0.350. The van der Waals surface area contributed by atoms with Gasteiger partial charge in [0.1, 0.15) is 11.0 Å². The molecule has 2 amide bonds. The molecule has 28 heavy (non-hydrogen) atoms. The number of thiophene rings is 1. The third-order valence-electron chi connectivity index (χ3n) is 5.28. The molecule has 0 bridgehead atoms. The maximum absolute atomic E-state index is 12.6. The molecular formula is C20H23N4O2S2+. The average Bonchev–Trinajstić information content (AvgIpc) is 3.33. The molecule has 1 aromatic carbocycles. The Morgan fingerprint density at radius 3 is 2.82 bits per heavy atom. The molecule has 2 heterocycles. The zero-order chi connectivity index (χ0) is 19.8. The van der Waals surface area contributed by atoms with Gasteiger partial charge in [-0.1, -0.05) is 12.1 Å². The highest BCUT2D eigenvalue weighted by Crippen LogP contribution is 2.38. The van der Waals surface area contributed by atoms with Crippen molar-refractivity contribution >= 4 is 49.7 Å². The molecule has 0 fully saturated rings. The first-order valence-electron chi connectivity index (χ1n) is 9.36. The van der Waals surface area contributed by atoms with Crippen LogP contribution in [0.5, 0.6) is 0 Å². The number of nitrogens with one attached hydrogen (secondary N) is 2. The van der Waals surface area contributed by atoms with E-state index >= 15 is 0 Å². The first-order valence-corrected chi connectivity index (χ1v) is 11.0. The van der Waals surface area contributed by atoms with Crippen molar-refractivity contribution in [1.29, 1.82) is 0 Å². The minimum Gasteiger partial charge on any atom is -0.365 e. The highest BCUT2D eigenvalue weighted by molar-refractivity contribution is 7.18. The minimum absolute atomic E-state index is 0.0899. The zero-order valence-electron chi connectivity index (χ0n) is 15.9. The van der Waals surface area contributed by atoms with E-state index in [0.717, 1.165) is 45.0 Å². The smallest absolute Gasteiger partial charge is 0.280 e. The van der Waals surface area contributed by atoms with Gasteiger partial charge in [0.05, 0.1) is 22.8 Å². The maximum Gasteiger partial charge on any atom is 0.280 e. The lowest BCUT2D eigenvalue weighted by Crippen LogP contribution is -3.10. The van der Waals surface area contributed by atoms with E-state index < -0.39 is 5.91 Å². The van der Waals surface area contributed by atoms with Gasteiger partial charge >= 0.3 is 0 Å². The van der Waals surface area contributed by atoms with Gasteiger partial charge in [0.25, 0.3) is 11.8 Å². The lowest BCUT2D eigenvalue weighted by Gasteiger charge is -2.19. The molecule has 3 aromatic rings. The number of primary amides is 1. The number of quaternary nitrogens is 1. The number of aromatic nitrogens is 1. The second kappa shape index (κ2) is 7.62. The number of hydrogen-bond acceptors (Lipinski definition) is 5. The molecule has 0 aliphatic heterocycles. The fourth-order valence-corrected chi connectivity index (χ4v) is 6.04. The summed E-state index contributed by atoms with van der Waals surface area (Å²) in [6.45, 7) is 2.37. The topological polar surface area (TPSA) is 89.5 Å². The number of benzene rings is 1. The number of fused-ring (bicyclic) bond motifs is 2. The van der Waals surface area contributed by atoms with Crippen molar-refractivity contribution in [3.05, 3.63) is 45.3 Å². The van der Waals surface area contributed by atoms with Gasteiger partial charge in [-0.25, -0.2) is 4.98 Å². The normalized spacial score (nSPS) is 15.4. The van der Waals surface area contributed by atoms with E-state index in [4.69, 9.17) is 10.7 Å². The van der Waals surface area contributed by atoms with E-state index in [0.29, 0.717) is 10.6 Å². The van der Waals surface area contributed by atoms with Gasteiger partial charge in [0.2, 0.25) is 0 Å². The molecule has 1 unspecified atom stereocenters. The van der Waals surface area contributed by atoms with Crippen molar-refractivity contribution in [2.24, 2.45) is 5.73 Å². The Bertz CT molecular complexity index is 1020. The van der Waals surface area contributed by atoms with Crippen LogP contribution in [0.3, 0.4) is 0 Å². The van der Waals surface area contributed by atoms with Crippen LogP contribution in [0.15, 0.2) is 24.3 Å². The number of nitrogens with zero attached hydrogens (tertiary/aromatic N) is 1.